The molecule has 6 rings (SSSR count). The molecule has 0 N–H and O–H groups in total. The van der Waals surface area contributed by atoms with E-state index in [0.717, 1.165) is 12.0 Å². The number of carbonyl (C=O) groups is 1. The summed E-state index contributed by atoms with van der Waals surface area (Å²) in [6.45, 7) is 2.70. The Morgan fingerprint density at radius 3 is 0.846 bits per heavy atom. The molecule has 0 bridgehead atoms. The number of hydrogen-bond donors (Lipinski definition) is 0. The molecule has 1 heterocycles. The number of ketones is 1. The lowest BCUT2D eigenvalue weighted by Gasteiger charge is -2.44. The van der Waals surface area contributed by atoms with Crippen LogP contribution in [0.3, 0.4) is 0 Å². The lowest BCUT2D eigenvalue weighted by Crippen LogP contribution is -2.81. The van der Waals surface area contributed by atoms with Gasteiger partial charge in [-0.15, -0.1) is 21.9 Å². The van der Waals surface area contributed by atoms with Gasteiger partial charge in [0.2, 0.25) is 12.3 Å². The molecule has 0 aliphatic rings. The molecule has 0 fully saturated rings. The minimum Gasteiger partial charge on any atom is -0.287 e. The minimum atomic E-state index is -7.22. The molecule has 1 aromatic heterocycles. The molecule has 0 radical (unpaired) electrons. The third kappa shape index (κ3) is 13.2. The Morgan fingerprint density at radius 1 is 0.333 bits per heavy atom. The lowest BCUT2D eigenvalue weighted by atomic mass is 9.12. The van der Waals surface area contributed by atoms with E-state index in [2.05, 4.69) is 19.1 Å². The van der Waals surface area contributed by atoms with E-state index in [1.165, 1.54) is 108 Å². The Labute approximate surface area is 435 Å². The standard InChI is InChI=1S/C31H48NO.C24BF20/c1-2-3-4-5-6-7-8-9-10-11-12-13-14-15-16-18-21-29-24-26-32(27-25-29)28-31(33)30-22-19-17-20-23-30;26-5-1(6(27)14(35)21(42)13(5)34)25(2-7(28)15(36)22(43)16(37)8(2)29,3-9(30)17(38)23(44)18(39)10(3)31)4-11(32)19(40)24(45)20(41)12(4)33/h17,19-20,22-27H,2-16,18,21,28H2,1H3;/q+1;-1. The highest BCUT2D eigenvalue weighted by atomic mass is 19.2. The molecular formula is C55H48BF20NO. The number of pyridine rings is 1. The van der Waals surface area contributed by atoms with E-state index in [1.54, 1.807) is 0 Å². The number of unbranched alkanes of at least 4 members (excludes halogenated alkanes) is 15. The second-order valence-electron chi connectivity index (χ2n) is 18.5. The molecule has 0 saturated carbocycles. The molecule has 6 aromatic rings. The first kappa shape index (κ1) is 62.4. The van der Waals surface area contributed by atoms with Crippen LogP contribution in [0.4, 0.5) is 87.8 Å². The van der Waals surface area contributed by atoms with Crippen LogP contribution in [0.5, 0.6) is 0 Å². The number of halogens is 20. The molecule has 2 nitrogen and oxygen atoms in total. The van der Waals surface area contributed by atoms with Gasteiger partial charge in [-0.1, -0.05) is 134 Å². The molecule has 0 atom stereocenters. The molecule has 5 aromatic carbocycles. The minimum absolute atomic E-state index is 0.158. The van der Waals surface area contributed by atoms with Crippen molar-refractivity contribution in [2.75, 3.05) is 0 Å². The van der Waals surface area contributed by atoms with Gasteiger partial charge in [0.15, 0.2) is 82.2 Å². The molecule has 0 aliphatic heterocycles. The number of rotatable bonds is 24. The van der Waals surface area contributed by atoms with Crippen molar-refractivity contribution >= 4 is 33.8 Å². The van der Waals surface area contributed by atoms with Gasteiger partial charge in [0.25, 0.3) is 0 Å². The van der Waals surface area contributed by atoms with Crippen LogP contribution in [-0.2, 0) is 13.0 Å². The van der Waals surface area contributed by atoms with Gasteiger partial charge in [0.05, 0.1) is 0 Å². The van der Waals surface area contributed by atoms with Crippen LogP contribution in [-0.4, -0.2) is 11.9 Å². The van der Waals surface area contributed by atoms with Crippen molar-refractivity contribution in [1.82, 2.24) is 0 Å². The molecule has 0 unspecified atom stereocenters. The molecule has 78 heavy (non-hydrogen) atoms. The summed E-state index contributed by atoms with van der Waals surface area (Å²) in [5.74, 6) is -71.2. The Balaban J connectivity index is 0.000000302. The van der Waals surface area contributed by atoms with E-state index in [1.807, 2.05) is 47.3 Å². The maximum atomic E-state index is 15.4. The zero-order valence-electron chi connectivity index (χ0n) is 41.4. The van der Waals surface area contributed by atoms with Crippen molar-refractivity contribution in [3.63, 3.8) is 0 Å². The number of nitrogens with zero attached hydrogens (tertiary/aromatic N) is 1. The lowest BCUT2D eigenvalue weighted by molar-refractivity contribution is -0.683. The predicted molar refractivity (Wildman–Crippen MR) is 250 cm³/mol. The van der Waals surface area contributed by atoms with E-state index in [-0.39, 0.29) is 5.78 Å². The quantitative estimate of drug-likeness (QED) is 0.0113. The summed E-state index contributed by atoms with van der Waals surface area (Å²) in [5, 5.41) is 0. The molecule has 0 amide bonds. The molecular weight excluding hydrogens is 1080 g/mol. The van der Waals surface area contributed by atoms with Crippen molar-refractivity contribution in [2.45, 2.75) is 123 Å². The Morgan fingerprint density at radius 2 is 0.577 bits per heavy atom. The van der Waals surface area contributed by atoms with Gasteiger partial charge < -0.3 is 0 Å². The predicted octanol–water partition coefficient (Wildman–Crippen LogP) is 14.5. The average molecular weight is 1130 g/mol. The van der Waals surface area contributed by atoms with Crippen molar-refractivity contribution in [1.29, 1.82) is 0 Å². The zero-order valence-corrected chi connectivity index (χ0v) is 41.4. The van der Waals surface area contributed by atoms with Crippen LogP contribution < -0.4 is 26.4 Å². The number of carbonyl (C=O) groups excluding carboxylic acids is 1. The normalized spacial score (nSPS) is 11.6. The zero-order chi connectivity index (χ0) is 57.8. The van der Waals surface area contributed by atoms with Crippen LogP contribution in [0, 0.1) is 116 Å². The second-order valence-corrected chi connectivity index (χ2v) is 18.5. The first-order valence-corrected chi connectivity index (χ1v) is 24.8. The average Bonchev–Trinajstić information content (AvgIpc) is 3.43. The van der Waals surface area contributed by atoms with Crippen LogP contribution in [0.25, 0.3) is 0 Å². The smallest absolute Gasteiger partial charge is 0.227 e. The maximum Gasteiger partial charge on any atom is 0.227 e. The van der Waals surface area contributed by atoms with Crippen LogP contribution >= 0.6 is 0 Å². The molecule has 0 aliphatic carbocycles. The fourth-order valence-corrected chi connectivity index (χ4v) is 9.39. The third-order valence-corrected chi connectivity index (χ3v) is 13.4. The second kappa shape index (κ2) is 27.9. The van der Waals surface area contributed by atoms with E-state index in [4.69, 9.17) is 0 Å². The largest absolute Gasteiger partial charge is 0.287 e. The highest BCUT2D eigenvalue weighted by molar-refractivity contribution is 7.20. The van der Waals surface area contributed by atoms with Crippen molar-refractivity contribution < 1.29 is 97.2 Å². The first-order valence-electron chi connectivity index (χ1n) is 24.8. The Bertz CT molecular complexity index is 2680. The van der Waals surface area contributed by atoms with Crippen molar-refractivity contribution in [3.05, 3.63) is 182 Å². The highest BCUT2D eigenvalue weighted by Crippen LogP contribution is 2.31. The summed E-state index contributed by atoms with van der Waals surface area (Å²) in [5.41, 5.74) is -12.2. The summed E-state index contributed by atoms with van der Waals surface area (Å²) in [4.78, 5) is 12.3. The third-order valence-electron chi connectivity index (χ3n) is 13.4. The van der Waals surface area contributed by atoms with Gasteiger partial charge >= 0.3 is 0 Å². The van der Waals surface area contributed by atoms with Crippen LogP contribution in [0.2, 0.25) is 0 Å². The van der Waals surface area contributed by atoms with Gasteiger partial charge in [-0.05, 0) is 18.4 Å². The Kier molecular flexibility index (Phi) is 22.4. The van der Waals surface area contributed by atoms with Gasteiger partial charge in [-0.2, -0.15) is 4.57 Å². The van der Waals surface area contributed by atoms with E-state index in [0.29, 0.717) is 6.54 Å². The summed E-state index contributed by atoms with van der Waals surface area (Å²) in [7, 11) is 0. The first-order chi connectivity index (χ1) is 37.0. The summed E-state index contributed by atoms with van der Waals surface area (Å²) >= 11 is 0. The van der Waals surface area contributed by atoms with Crippen molar-refractivity contribution in [2.24, 2.45) is 0 Å². The molecule has 23 heteroatoms. The van der Waals surface area contributed by atoms with E-state index >= 15 is 35.1 Å². The number of aromatic nitrogens is 1. The SMILES string of the molecule is CCCCCCCCCCCCCCCCCCc1cc[n+](CC(=O)c2ccccc2)cc1.Fc1c(F)c(F)c([B-](c2c(F)c(F)c(F)c(F)c2F)(c2c(F)c(F)c(F)c(F)c2F)c2c(F)c(F)c(F)c(F)c2F)c(F)c1F. The highest BCUT2D eigenvalue weighted by Gasteiger charge is 2.52. The van der Waals surface area contributed by atoms with Gasteiger partial charge in [-0.25, -0.2) is 87.8 Å². The topological polar surface area (TPSA) is 20.9 Å². The van der Waals surface area contributed by atoms with Crippen LogP contribution in [0.1, 0.15) is 126 Å². The number of aryl methyl sites for hydroxylation is 1. The van der Waals surface area contributed by atoms with Gasteiger partial charge in [0.1, 0.15) is 52.7 Å². The summed E-state index contributed by atoms with van der Waals surface area (Å²) < 4.78 is 296. The Hall–Kier alpha value is -6.42. The molecule has 422 valence electrons. The van der Waals surface area contributed by atoms with Gasteiger partial charge in [0, 0.05) is 17.7 Å². The van der Waals surface area contributed by atoms with E-state index in [9.17, 15) is 57.5 Å². The summed E-state index contributed by atoms with van der Waals surface area (Å²) in [6.07, 6.45) is 20.6. The fraction of sp³-hybridized carbons (Fsp3) is 0.345. The number of benzene rings is 5. The molecule has 0 spiro atoms. The summed E-state index contributed by atoms with van der Waals surface area (Å²) in [6, 6.07) is 13.9. The fourth-order valence-electron chi connectivity index (χ4n) is 9.39. The maximum absolute atomic E-state index is 15.4. The van der Waals surface area contributed by atoms with Gasteiger partial charge in [-0.3, -0.25) is 4.79 Å². The van der Waals surface area contributed by atoms with Crippen molar-refractivity contribution in [3.8, 4) is 0 Å². The molecule has 0 saturated heterocycles. The van der Waals surface area contributed by atoms with E-state index < -0.39 is 144 Å². The number of hydrogen-bond acceptors (Lipinski definition) is 1. The van der Waals surface area contributed by atoms with Crippen LogP contribution in [0.15, 0.2) is 54.9 Å². The number of Topliss-reactive ketones (excluding diaryl/α,β-unsaturated/α-hetero) is 1. The monoisotopic (exact) mass is 1130 g/mol.